The topological polar surface area (TPSA) is 28.2 Å². The van der Waals surface area contributed by atoms with Crippen LogP contribution in [0.5, 0.6) is 0 Å². The smallest absolute Gasteiger partial charge is 0.388 e. The Labute approximate surface area is 113 Å². The molecule has 1 aliphatic heterocycles. The SMILES string of the molecule is FC(F)(F)c1ccc2nc(N3C=CNCC3)ccc2c1. The van der Waals surface area contributed by atoms with Gasteiger partial charge in [0.1, 0.15) is 5.82 Å². The molecule has 1 aliphatic rings. The van der Waals surface area contributed by atoms with E-state index in [0.717, 1.165) is 31.0 Å². The highest BCUT2D eigenvalue weighted by Crippen LogP contribution is 2.31. The lowest BCUT2D eigenvalue weighted by atomic mass is 10.1. The lowest BCUT2D eigenvalue weighted by Crippen LogP contribution is -2.31. The van der Waals surface area contributed by atoms with Gasteiger partial charge in [0.25, 0.3) is 0 Å². The van der Waals surface area contributed by atoms with Gasteiger partial charge in [0.15, 0.2) is 0 Å². The van der Waals surface area contributed by atoms with Crippen LogP contribution in [-0.4, -0.2) is 18.1 Å². The molecule has 0 aliphatic carbocycles. The number of alkyl halides is 3. The molecule has 2 heterocycles. The Bertz CT molecular complexity index is 664. The van der Waals surface area contributed by atoms with Crippen LogP contribution in [0.2, 0.25) is 0 Å². The molecule has 0 saturated heterocycles. The number of aromatic nitrogens is 1. The van der Waals surface area contributed by atoms with Gasteiger partial charge in [0.2, 0.25) is 0 Å². The van der Waals surface area contributed by atoms with Gasteiger partial charge in [0.05, 0.1) is 11.1 Å². The zero-order valence-electron chi connectivity index (χ0n) is 10.5. The number of fused-ring (bicyclic) bond motifs is 1. The van der Waals surface area contributed by atoms with E-state index in [1.54, 1.807) is 12.1 Å². The highest BCUT2D eigenvalue weighted by molar-refractivity contribution is 5.81. The van der Waals surface area contributed by atoms with Gasteiger partial charge in [-0.05, 0) is 30.3 Å². The van der Waals surface area contributed by atoms with E-state index in [1.807, 2.05) is 17.3 Å². The number of halogens is 3. The number of benzene rings is 1. The number of pyridine rings is 1. The number of hydrogen-bond acceptors (Lipinski definition) is 3. The maximum Gasteiger partial charge on any atom is 0.416 e. The van der Waals surface area contributed by atoms with E-state index in [9.17, 15) is 13.2 Å². The molecule has 0 spiro atoms. The standard InChI is InChI=1S/C14H12F3N3/c15-14(16,17)11-2-3-12-10(9-11)1-4-13(19-12)20-7-5-18-6-8-20/h1-5,7,9,18H,6,8H2. The Morgan fingerprint density at radius 1 is 1.15 bits per heavy atom. The quantitative estimate of drug-likeness (QED) is 0.869. The fourth-order valence-corrected chi connectivity index (χ4v) is 2.13. The molecule has 0 saturated carbocycles. The zero-order chi connectivity index (χ0) is 14.2. The van der Waals surface area contributed by atoms with Crippen LogP contribution in [0.15, 0.2) is 42.7 Å². The Kier molecular flexibility index (Phi) is 3.00. The molecule has 1 N–H and O–H groups in total. The summed E-state index contributed by atoms with van der Waals surface area (Å²) < 4.78 is 37.9. The van der Waals surface area contributed by atoms with Crippen molar-refractivity contribution in [2.75, 3.05) is 18.0 Å². The van der Waals surface area contributed by atoms with Gasteiger partial charge in [-0.15, -0.1) is 0 Å². The summed E-state index contributed by atoms with van der Waals surface area (Å²) in [5.74, 6) is 0.731. The second-order valence-corrected chi connectivity index (χ2v) is 4.54. The summed E-state index contributed by atoms with van der Waals surface area (Å²) in [4.78, 5) is 6.35. The first-order chi connectivity index (χ1) is 9.54. The maximum absolute atomic E-state index is 12.6. The molecule has 6 heteroatoms. The molecule has 3 nitrogen and oxygen atoms in total. The van der Waals surface area contributed by atoms with Gasteiger partial charge >= 0.3 is 6.18 Å². The first-order valence-electron chi connectivity index (χ1n) is 6.19. The fourth-order valence-electron chi connectivity index (χ4n) is 2.13. The Balaban J connectivity index is 2.00. The van der Waals surface area contributed by atoms with Crippen LogP contribution in [0.3, 0.4) is 0 Å². The van der Waals surface area contributed by atoms with Crippen LogP contribution in [0, 0.1) is 0 Å². The van der Waals surface area contributed by atoms with E-state index in [2.05, 4.69) is 10.3 Å². The highest BCUT2D eigenvalue weighted by atomic mass is 19.4. The molecule has 0 bridgehead atoms. The number of hydrogen-bond donors (Lipinski definition) is 1. The Morgan fingerprint density at radius 2 is 2.00 bits per heavy atom. The predicted molar refractivity (Wildman–Crippen MR) is 71.2 cm³/mol. The van der Waals surface area contributed by atoms with E-state index < -0.39 is 11.7 Å². The maximum atomic E-state index is 12.6. The summed E-state index contributed by atoms with van der Waals surface area (Å²) in [6.45, 7) is 1.58. The summed E-state index contributed by atoms with van der Waals surface area (Å²) in [5.41, 5.74) is -0.0935. The summed E-state index contributed by atoms with van der Waals surface area (Å²) in [5, 5.41) is 3.56. The molecule has 2 aromatic rings. The average molecular weight is 279 g/mol. The lowest BCUT2D eigenvalue weighted by molar-refractivity contribution is -0.137. The number of nitrogens with zero attached hydrogens (tertiary/aromatic N) is 2. The van der Waals surface area contributed by atoms with Crippen molar-refractivity contribution in [2.24, 2.45) is 0 Å². The second-order valence-electron chi connectivity index (χ2n) is 4.54. The van der Waals surface area contributed by atoms with E-state index in [1.165, 1.54) is 6.07 Å². The number of anilines is 1. The summed E-state index contributed by atoms with van der Waals surface area (Å²) in [7, 11) is 0. The monoisotopic (exact) mass is 279 g/mol. The van der Waals surface area contributed by atoms with Gasteiger partial charge in [-0.1, -0.05) is 0 Å². The van der Waals surface area contributed by atoms with Crippen molar-refractivity contribution < 1.29 is 13.2 Å². The van der Waals surface area contributed by atoms with Gasteiger partial charge in [-0.2, -0.15) is 13.2 Å². The van der Waals surface area contributed by atoms with E-state index in [4.69, 9.17) is 0 Å². The minimum absolute atomic E-state index is 0.489. The van der Waals surface area contributed by atoms with Crippen LogP contribution in [0.25, 0.3) is 10.9 Å². The van der Waals surface area contributed by atoms with Crippen LogP contribution in [-0.2, 0) is 6.18 Å². The fraction of sp³-hybridized carbons (Fsp3) is 0.214. The third-order valence-corrected chi connectivity index (χ3v) is 3.17. The van der Waals surface area contributed by atoms with Gasteiger partial charge < -0.3 is 10.2 Å². The van der Waals surface area contributed by atoms with Crippen molar-refractivity contribution in [2.45, 2.75) is 6.18 Å². The van der Waals surface area contributed by atoms with Crippen LogP contribution in [0.4, 0.5) is 19.0 Å². The van der Waals surface area contributed by atoms with Crippen molar-refractivity contribution in [3.8, 4) is 0 Å². The van der Waals surface area contributed by atoms with Crippen LogP contribution in [0.1, 0.15) is 5.56 Å². The average Bonchev–Trinajstić information content (AvgIpc) is 2.46. The van der Waals surface area contributed by atoms with Crippen molar-refractivity contribution in [1.29, 1.82) is 0 Å². The van der Waals surface area contributed by atoms with Gasteiger partial charge in [-0.3, -0.25) is 0 Å². The van der Waals surface area contributed by atoms with E-state index >= 15 is 0 Å². The summed E-state index contributed by atoms with van der Waals surface area (Å²) in [6.07, 6.45) is -0.641. The Morgan fingerprint density at radius 3 is 2.70 bits per heavy atom. The van der Waals surface area contributed by atoms with Crippen molar-refractivity contribution in [3.63, 3.8) is 0 Å². The molecule has 1 aromatic carbocycles. The van der Waals surface area contributed by atoms with Crippen molar-refractivity contribution in [1.82, 2.24) is 10.3 Å². The molecular weight excluding hydrogens is 267 g/mol. The molecule has 0 atom stereocenters. The number of nitrogens with one attached hydrogen (secondary N) is 1. The minimum atomic E-state index is -4.33. The minimum Gasteiger partial charge on any atom is -0.388 e. The molecule has 0 fully saturated rings. The zero-order valence-corrected chi connectivity index (χ0v) is 10.5. The molecule has 1 aromatic heterocycles. The molecule has 3 rings (SSSR count). The van der Waals surface area contributed by atoms with Crippen molar-refractivity contribution in [3.05, 3.63) is 48.3 Å². The molecule has 0 radical (unpaired) electrons. The normalized spacial score (nSPS) is 15.4. The third kappa shape index (κ3) is 2.41. The second kappa shape index (κ2) is 4.70. The number of rotatable bonds is 1. The highest BCUT2D eigenvalue weighted by Gasteiger charge is 2.30. The van der Waals surface area contributed by atoms with Gasteiger partial charge in [-0.25, -0.2) is 4.98 Å². The predicted octanol–water partition coefficient (Wildman–Crippen LogP) is 3.13. The van der Waals surface area contributed by atoms with E-state index in [-0.39, 0.29) is 0 Å². The molecular formula is C14H12F3N3. The molecule has 0 unspecified atom stereocenters. The third-order valence-electron chi connectivity index (χ3n) is 3.17. The van der Waals surface area contributed by atoms with Crippen LogP contribution < -0.4 is 10.2 Å². The molecule has 20 heavy (non-hydrogen) atoms. The lowest BCUT2D eigenvalue weighted by Gasteiger charge is -2.23. The van der Waals surface area contributed by atoms with Gasteiger partial charge in [0, 0.05) is 30.9 Å². The summed E-state index contributed by atoms with van der Waals surface area (Å²) in [6, 6.07) is 7.00. The summed E-state index contributed by atoms with van der Waals surface area (Å²) >= 11 is 0. The molecule has 0 amide bonds. The Hall–Kier alpha value is -2.24. The molecule has 104 valence electrons. The van der Waals surface area contributed by atoms with Crippen LogP contribution >= 0.6 is 0 Å². The van der Waals surface area contributed by atoms with Crippen molar-refractivity contribution >= 4 is 16.7 Å². The first-order valence-corrected chi connectivity index (χ1v) is 6.19. The van der Waals surface area contributed by atoms with E-state index in [0.29, 0.717) is 10.9 Å². The largest absolute Gasteiger partial charge is 0.416 e. The first kappa shape index (κ1) is 12.8.